The standard InChI is InChI=1S/C11H24O2/c1-9(2)6-7-12-11(5)13-8-10(3)4/h9-11H,6-8H2,1-5H3/t11-/m0/s1. The predicted molar refractivity (Wildman–Crippen MR) is 55.7 cm³/mol. The number of hydrogen-bond acceptors (Lipinski definition) is 2. The highest BCUT2D eigenvalue weighted by atomic mass is 16.7. The van der Waals surface area contributed by atoms with Crippen LogP contribution in [0.1, 0.15) is 41.0 Å². The molecule has 0 bridgehead atoms. The van der Waals surface area contributed by atoms with E-state index in [2.05, 4.69) is 27.7 Å². The van der Waals surface area contributed by atoms with Crippen LogP contribution in [0.2, 0.25) is 0 Å². The van der Waals surface area contributed by atoms with E-state index >= 15 is 0 Å². The Labute approximate surface area is 82.6 Å². The smallest absolute Gasteiger partial charge is 0.154 e. The van der Waals surface area contributed by atoms with Crippen LogP contribution in [0, 0.1) is 11.8 Å². The summed E-state index contributed by atoms with van der Waals surface area (Å²) in [4.78, 5) is 0. The van der Waals surface area contributed by atoms with Gasteiger partial charge in [0, 0.05) is 6.61 Å². The van der Waals surface area contributed by atoms with Crippen LogP contribution in [0.5, 0.6) is 0 Å². The lowest BCUT2D eigenvalue weighted by atomic mass is 10.1. The zero-order valence-electron chi connectivity index (χ0n) is 9.67. The summed E-state index contributed by atoms with van der Waals surface area (Å²) in [6, 6.07) is 0. The fourth-order valence-corrected chi connectivity index (χ4v) is 0.846. The second kappa shape index (κ2) is 7.34. The summed E-state index contributed by atoms with van der Waals surface area (Å²) in [5.41, 5.74) is 0. The molecule has 0 saturated heterocycles. The molecule has 0 amide bonds. The third kappa shape index (κ3) is 9.84. The van der Waals surface area contributed by atoms with E-state index in [1.54, 1.807) is 0 Å². The van der Waals surface area contributed by atoms with E-state index in [4.69, 9.17) is 9.47 Å². The monoisotopic (exact) mass is 188 g/mol. The van der Waals surface area contributed by atoms with Gasteiger partial charge < -0.3 is 9.47 Å². The van der Waals surface area contributed by atoms with Crippen molar-refractivity contribution in [1.29, 1.82) is 0 Å². The Morgan fingerprint density at radius 1 is 0.846 bits per heavy atom. The fourth-order valence-electron chi connectivity index (χ4n) is 0.846. The molecule has 0 unspecified atom stereocenters. The topological polar surface area (TPSA) is 18.5 Å². The molecule has 0 heterocycles. The zero-order chi connectivity index (χ0) is 10.3. The first-order chi connectivity index (χ1) is 6.02. The maximum atomic E-state index is 5.48. The first-order valence-electron chi connectivity index (χ1n) is 5.25. The first kappa shape index (κ1) is 12.9. The second-order valence-corrected chi connectivity index (χ2v) is 4.35. The van der Waals surface area contributed by atoms with Crippen LogP contribution in [-0.4, -0.2) is 19.5 Å². The van der Waals surface area contributed by atoms with E-state index in [0.29, 0.717) is 11.8 Å². The van der Waals surface area contributed by atoms with Gasteiger partial charge in [0.25, 0.3) is 0 Å². The largest absolute Gasteiger partial charge is 0.353 e. The molecule has 0 fully saturated rings. The van der Waals surface area contributed by atoms with Crippen LogP contribution in [-0.2, 0) is 9.47 Å². The van der Waals surface area contributed by atoms with Gasteiger partial charge in [0.05, 0.1) is 6.61 Å². The highest BCUT2D eigenvalue weighted by molar-refractivity contribution is 4.44. The molecule has 0 aliphatic rings. The second-order valence-electron chi connectivity index (χ2n) is 4.35. The van der Waals surface area contributed by atoms with Gasteiger partial charge >= 0.3 is 0 Å². The summed E-state index contributed by atoms with van der Waals surface area (Å²) in [5.74, 6) is 1.29. The van der Waals surface area contributed by atoms with Crippen molar-refractivity contribution < 1.29 is 9.47 Å². The Bertz CT molecular complexity index is 111. The summed E-state index contributed by atoms with van der Waals surface area (Å²) < 4.78 is 10.9. The molecule has 0 aliphatic heterocycles. The van der Waals surface area contributed by atoms with Crippen molar-refractivity contribution in [3.63, 3.8) is 0 Å². The Hall–Kier alpha value is -0.0800. The van der Waals surface area contributed by atoms with Crippen molar-refractivity contribution in [2.75, 3.05) is 13.2 Å². The van der Waals surface area contributed by atoms with Crippen LogP contribution in [0.4, 0.5) is 0 Å². The molecule has 2 heteroatoms. The lowest BCUT2D eigenvalue weighted by Crippen LogP contribution is -2.17. The van der Waals surface area contributed by atoms with Crippen LogP contribution in [0.25, 0.3) is 0 Å². The van der Waals surface area contributed by atoms with Gasteiger partial charge in [-0.1, -0.05) is 27.7 Å². The maximum Gasteiger partial charge on any atom is 0.154 e. The molecule has 0 spiro atoms. The summed E-state index contributed by atoms with van der Waals surface area (Å²) in [6.45, 7) is 12.2. The van der Waals surface area contributed by atoms with Crippen LogP contribution >= 0.6 is 0 Å². The van der Waals surface area contributed by atoms with Crippen molar-refractivity contribution in [3.8, 4) is 0 Å². The maximum absolute atomic E-state index is 5.48. The molecular formula is C11H24O2. The fraction of sp³-hybridized carbons (Fsp3) is 1.00. The molecule has 0 rings (SSSR count). The number of ether oxygens (including phenoxy) is 2. The van der Waals surface area contributed by atoms with Gasteiger partial charge in [-0.3, -0.25) is 0 Å². The quantitative estimate of drug-likeness (QED) is 0.572. The third-order valence-corrected chi connectivity index (χ3v) is 1.71. The molecule has 2 nitrogen and oxygen atoms in total. The van der Waals surface area contributed by atoms with Crippen LogP contribution in [0.15, 0.2) is 0 Å². The van der Waals surface area contributed by atoms with Crippen LogP contribution in [0.3, 0.4) is 0 Å². The minimum Gasteiger partial charge on any atom is -0.353 e. The molecule has 0 aromatic rings. The lowest BCUT2D eigenvalue weighted by Gasteiger charge is -2.16. The third-order valence-electron chi connectivity index (χ3n) is 1.71. The van der Waals surface area contributed by atoms with E-state index < -0.39 is 0 Å². The van der Waals surface area contributed by atoms with Gasteiger partial charge in [0.2, 0.25) is 0 Å². The molecule has 0 radical (unpaired) electrons. The zero-order valence-corrected chi connectivity index (χ0v) is 9.67. The number of hydrogen-bond donors (Lipinski definition) is 0. The summed E-state index contributed by atoms with van der Waals surface area (Å²) in [6.07, 6.45) is 1.05. The molecule has 0 aromatic heterocycles. The molecular weight excluding hydrogens is 164 g/mol. The van der Waals surface area contributed by atoms with Gasteiger partial charge in [-0.25, -0.2) is 0 Å². The SMILES string of the molecule is CC(C)CCO[C@H](C)OCC(C)C. The minimum atomic E-state index is -0.0545. The van der Waals surface area contributed by atoms with Gasteiger partial charge in [-0.05, 0) is 25.2 Å². The Morgan fingerprint density at radius 3 is 1.92 bits per heavy atom. The molecule has 0 N–H and O–H groups in total. The molecule has 0 saturated carbocycles. The summed E-state index contributed by atoms with van der Waals surface area (Å²) >= 11 is 0. The van der Waals surface area contributed by atoms with Crippen LogP contribution < -0.4 is 0 Å². The van der Waals surface area contributed by atoms with E-state index in [1.165, 1.54) is 0 Å². The molecule has 1 atom stereocenters. The molecule has 13 heavy (non-hydrogen) atoms. The van der Waals surface area contributed by atoms with Crippen molar-refractivity contribution in [2.24, 2.45) is 11.8 Å². The van der Waals surface area contributed by atoms with Gasteiger partial charge in [0.15, 0.2) is 6.29 Å². The summed E-state index contributed by atoms with van der Waals surface area (Å²) in [5, 5.41) is 0. The summed E-state index contributed by atoms with van der Waals surface area (Å²) in [7, 11) is 0. The van der Waals surface area contributed by atoms with E-state index in [9.17, 15) is 0 Å². The Morgan fingerprint density at radius 2 is 1.46 bits per heavy atom. The average molecular weight is 188 g/mol. The normalized spacial score (nSPS) is 14.1. The highest BCUT2D eigenvalue weighted by Crippen LogP contribution is 2.03. The Kier molecular flexibility index (Phi) is 7.29. The van der Waals surface area contributed by atoms with E-state index in [1.807, 2.05) is 6.92 Å². The predicted octanol–water partition coefficient (Wildman–Crippen LogP) is 3.07. The Balaban J connectivity index is 3.25. The number of rotatable bonds is 7. The molecule has 0 aliphatic carbocycles. The lowest BCUT2D eigenvalue weighted by molar-refractivity contribution is -0.138. The highest BCUT2D eigenvalue weighted by Gasteiger charge is 2.03. The molecule has 0 aromatic carbocycles. The van der Waals surface area contributed by atoms with E-state index in [0.717, 1.165) is 19.6 Å². The van der Waals surface area contributed by atoms with Crippen molar-refractivity contribution in [3.05, 3.63) is 0 Å². The van der Waals surface area contributed by atoms with Gasteiger partial charge in [-0.15, -0.1) is 0 Å². The van der Waals surface area contributed by atoms with Gasteiger partial charge in [0.1, 0.15) is 0 Å². The van der Waals surface area contributed by atoms with Crippen molar-refractivity contribution in [2.45, 2.75) is 47.3 Å². The molecule has 80 valence electrons. The average Bonchev–Trinajstić information content (AvgIpc) is 2.00. The van der Waals surface area contributed by atoms with E-state index in [-0.39, 0.29) is 6.29 Å². The van der Waals surface area contributed by atoms with Crippen molar-refractivity contribution in [1.82, 2.24) is 0 Å². The van der Waals surface area contributed by atoms with Gasteiger partial charge in [-0.2, -0.15) is 0 Å². The van der Waals surface area contributed by atoms with Crippen molar-refractivity contribution >= 4 is 0 Å². The minimum absolute atomic E-state index is 0.0545. The first-order valence-corrected chi connectivity index (χ1v) is 5.25.